The van der Waals surface area contributed by atoms with E-state index < -0.39 is 0 Å². The van der Waals surface area contributed by atoms with Gasteiger partial charge in [-0.2, -0.15) is 0 Å². The molecule has 2 aromatic carbocycles. The summed E-state index contributed by atoms with van der Waals surface area (Å²) in [5.74, 6) is 2.10. The molecule has 172 valence electrons. The molecule has 1 fully saturated rings. The van der Waals surface area contributed by atoms with Crippen LogP contribution < -0.4 is 14.2 Å². The highest BCUT2D eigenvalue weighted by Gasteiger charge is 2.34. The summed E-state index contributed by atoms with van der Waals surface area (Å²) in [4.78, 5) is 15.5. The first-order chi connectivity index (χ1) is 16.1. The maximum atomic E-state index is 13.3. The number of carbonyl (C=O) groups excluding carboxylic acids is 1. The Bertz CT molecular complexity index is 1170. The van der Waals surface area contributed by atoms with Gasteiger partial charge in [-0.1, -0.05) is 11.6 Å². The molecule has 0 spiro atoms. The van der Waals surface area contributed by atoms with Crippen molar-refractivity contribution in [3.8, 4) is 17.2 Å². The van der Waals surface area contributed by atoms with Gasteiger partial charge in [-0.15, -0.1) is 0 Å². The number of allylic oxidation sites excluding steroid dienone is 1. The molecule has 0 N–H and O–H groups in total. The van der Waals surface area contributed by atoms with E-state index in [2.05, 4.69) is 4.90 Å². The maximum Gasteiger partial charge on any atom is 0.231 e. The van der Waals surface area contributed by atoms with Crippen molar-refractivity contribution >= 4 is 23.5 Å². The number of Topliss-reactive ketones (excluding diaryl/α,β-unsaturated/α-hetero) is 1. The number of nitrogens with zero attached hydrogens (tertiary/aromatic N) is 1. The van der Waals surface area contributed by atoms with E-state index in [0.29, 0.717) is 47.5 Å². The summed E-state index contributed by atoms with van der Waals surface area (Å²) in [6.45, 7) is 5.37. The molecule has 4 aliphatic heterocycles. The van der Waals surface area contributed by atoms with Crippen molar-refractivity contribution in [2.45, 2.75) is 39.0 Å². The molecular weight excluding hydrogens is 446 g/mol. The lowest BCUT2D eigenvalue weighted by Gasteiger charge is -2.31. The number of fused-ring (bicyclic) bond motifs is 3. The summed E-state index contributed by atoms with van der Waals surface area (Å²) in [7, 11) is 0. The number of benzene rings is 2. The van der Waals surface area contributed by atoms with E-state index in [1.165, 1.54) is 0 Å². The highest BCUT2D eigenvalue weighted by molar-refractivity contribution is 6.31. The number of halogens is 1. The molecule has 4 heterocycles. The minimum Gasteiger partial charge on any atom is -0.477 e. The minimum absolute atomic E-state index is 0.158. The second kappa shape index (κ2) is 8.33. The Labute approximate surface area is 196 Å². The lowest BCUT2D eigenvalue weighted by atomic mass is 9.99. The molecule has 0 radical (unpaired) electrons. The predicted octanol–water partition coefficient (Wildman–Crippen LogP) is 4.46. The van der Waals surface area contributed by atoms with Crippen LogP contribution in [-0.4, -0.2) is 43.5 Å². The van der Waals surface area contributed by atoms with E-state index in [0.717, 1.165) is 48.4 Å². The molecule has 0 saturated carbocycles. The van der Waals surface area contributed by atoms with Crippen molar-refractivity contribution in [2.24, 2.45) is 0 Å². The Morgan fingerprint density at radius 1 is 1.15 bits per heavy atom. The highest BCUT2D eigenvalue weighted by Crippen LogP contribution is 2.44. The van der Waals surface area contributed by atoms with Gasteiger partial charge in [-0.25, -0.2) is 0 Å². The van der Waals surface area contributed by atoms with Crippen LogP contribution >= 0.6 is 11.6 Å². The highest BCUT2D eigenvalue weighted by atomic mass is 35.5. The second-order valence-corrected chi connectivity index (χ2v) is 9.26. The van der Waals surface area contributed by atoms with Crippen molar-refractivity contribution in [3.05, 3.63) is 56.8 Å². The first kappa shape index (κ1) is 21.0. The molecule has 1 saturated heterocycles. The van der Waals surface area contributed by atoms with E-state index >= 15 is 0 Å². The molecule has 1 atom stereocenters. The first-order valence-electron chi connectivity index (χ1n) is 11.2. The lowest BCUT2D eigenvalue weighted by molar-refractivity contribution is -0.0165. The third-order valence-electron chi connectivity index (χ3n) is 6.48. The zero-order valence-electron chi connectivity index (χ0n) is 18.3. The summed E-state index contributed by atoms with van der Waals surface area (Å²) in [5, 5.41) is 0.545. The van der Waals surface area contributed by atoms with Gasteiger partial charge in [-0.05, 0) is 44.0 Å². The Morgan fingerprint density at radius 3 is 2.91 bits per heavy atom. The van der Waals surface area contributed by atoms with Gasteiger partial charge >= 0.3 is 0 Å². The SMILES string of the molecule is Cc1c2c(cc3c1O/C(=C\c1cc(Cl)cc4c1OCOC4)C3=O)CN(CC1CCCO1)CO2. The van der Waals surface area contributed by atoms with E-state index in [1.54, 1.807) is 12.1 Å². The molecule has 0 amide bonds. The van der Waals surface area contributed by atoms with Crippen molar-refractivity contribution in [3.63, 3.8) is 0 Å². The quantitative estimate of drug-likeness (QED) is 0.615. The molecule has 1 unspecified atom stereocenters. The molecule has 33 heavy (non-hydrogen) atoms. The smallest absolute Gasteiger partial charge is 0.231 e. The van der Waals surface area contributed by atoms with Crippen LogP contribution in [0.15, 0.2) is 24.0 Å². The Hall–Kier alpha value is -2.58. The van der Waals surface area contributed by atoms with E-state index in [9.17, 15) is 4.79 Å². The van der Waals surface area contributed by atoms with Crippen LogP contribution in [0.3, 0.4) is 0 Å². The fourth-order valence-electron chi connectivity index (χ4n) is 4.95. The van der Waals surface area contributed by atoms with E-state index in [-0.39, 0.29) is 24.4 Å². The summed E-state index contributed by atoms with van der Waals surface area (Å²) in [6.07, 6.45) is 4.14. The summed E-state index contributed by atoms with van der Waals surface area (Å²) in [5.41, 5.74) is 3.93. The predicted molar refractivity (Wildman–Crippen MR) is 121 cm³/mol. The van der Waals surface area contributed by atoms with Crippen LogP contribution in [0.25, 0.3) is 6.08 Å². The van der Waals surface area contributed by atoms with Gasteiger partial charge in [0.2, 0.25) is 5.78 Å². The topological polar surface area (TPSA) is 66.5 Å². The van der Waals surface area contributed by atoms with Gasteiger partial charge in [-0.3, -0.25) is 9.69 Å². The monoisotopic (exact) mass is 469 g/mol. The molecule has 6 rings (SSSR count). The van der Waals surface area contributed by atoms with Gasteiger partial charge in [0.1, 0.15) is 24.0 Å². The third kappa shape index (κ3) is 3.79. The number of hydrogen-bond donors (Lipinski definition) is 0. The van der Waals surface area contributed by atoms with Gasteiger partial charge in [0.25, 0.3) is 0 Å². The fraction of sp³-hybridized carbons (Fsp3) is 0.400. The zero-order valence-corrected chi connectivity index (χ0v) is 19.1. The largest absolute Gasteiger partial charge is 0.477 e. The number of ether oxygens (including phenoxy) is 5. The fourth-order valence-corrected chi connectivity index (χ4v) is 5.20. The Balaban J connectivity index is 1.30. The van der Waals surface area contributed by atoms with Crippen LogP contribution in [0.5, 0.6) is 17.2 Å². The number of hydrogen-bond acceptors (Lipinski definition) is 7. The van der Waals surface area contributed by atoms with E-state index in [1.807, 2.05) is 19.1 Å². The second-order valence-electron chi connectivity index (χ2n) is 8.82. The Morgan fingerprint density at radius 2 is 2.06 bits per heavy atom. The van der Waals surface area contributed by atoms with Crippen LogP contribution in [0.4, 0.5) is 0 Å². The van der Waals surface area contributed by atoms with Crippen molar-refractivity contribution in [1.82, 2.24) is 4.90 Å². The number of rotatable bonds is 3. The third-order valence-corrected chi connectivity index (χ3v) is 6.70. The summed E-state index contributed by atoms with van der Waals surface area (Å²) < 4.78 is 28.9. The van der Waals surface area contributed by atoms with Crippen LogP contribution in [0.2, 0.25) is 5.02 Å². The first-order valence-corrected chi connectivity index (χ1v) is 11.5. The van der Waals surface area contributed by atoms with Gasteiger partial charge in [0.15, 0.2) is 12.6 Å². The van der Waals surface area contributed by atoms with Gasteiger partial charge < -0.3 is 23.7 Å². The normalized spacial score (nSPS) is 22.9. The molecule has 0 bridgehead atoms. The van der Waals surface area contributed by atoms with Gasteiger partial charge in [0, 0.05) is 47.0 Å². The van der Waals surface area contributed by atoms with E-state index in [4.69, 9.17) is 35.3 Å². The maximum absolute atomic E-state index is 13.3. The number of ketones is 1. The molecule has 4 aliphatic rings. The van der Waals surface area contributed by atoms with Crippen LogP contribution in [-0.2, 0) is 22.6 Å². The Kier molecular flexibility index (Phi) is 5.30. The summed E-state index contributed by atoms with van der Waals surface area (Å²) in [6, 6.07) is 5.48. The summed E-state index contributed by atoms with van der Waals surface area (Å²) >= 11 is 6.28. The zero-order chi connectivity index (χ0) is 22.5. The standard InChI is InChI=1S/C25H24ClNO6/c1-14-23-16(9-27(12-31-23)10-19-3-2-4-30-19)7-20-22(28)21(33-24(14)20)8-15-5-18(26)6-17-11-29-13-32-25(15)17/h5-8,19H,2-4,9-13H2,1H3/b21-8-. The van der Waals surface area contributed by atoms with Crippen molar-refractivity contribution in [2.75, 3.05) is 26.7 Å². The molecule has 0 aromatic heterocycles. The van der Waals surface area contributed by atoms with Crippen LogP contribution in [0.1, 0.15) is 45.5 Å². The van der Waals surface area contributed by atoms with Crippen molar-refractivity contribution < 1.29 is 28.5 Å². The van der Waals surface area contributed by atoms with Crippen molar-refractivity contribution in [1.29, 1.82) is 0 Å². The molecular formula is C25H24ClNO6. The van der Waals surface area contributed by atoms with Crippen LogP contribution in [0, 0.1) is 6.92 Å². The molecule has 2 aromatic rings. The molecule has 0 aliphatic carbocycles. The minimum atomic E-state index is -0.159. The molecule has 7 nitrogen and oxygen atoms in total. The molecule has 8 heteroatoms. The number of carbonyl (C=O) groups is 1. The average Bonchev–Trinajstić information content (AvgIpc) is 3.42. The lowest BCUT2D eigenvalue weighted by Crippen LogP contribution is -2.37. The average molecular weight is 470 g/mol. The van der Waals surface area contributed by atoms with Gasteiger partial charge in [0.05, 0.1) is 18.3 Å².